The van der Waals surface area contributed by atoms with Gasteiger partial charge >= 0.3 is 0 Å². The quantitative estimate of drug-likeness (QED) is 0.503. The highest BCUT2D eigenvalue weighted by molar-refractivity contribution is 6.01. The van der Waals surface area contributed by atoms with Crippen molar-refractivity contribution in [2.75, 3.05) is 62.3 Å². The highest BCUT2D eigenvalue weighted by Gasteiger charge is 2.40. The van der Waals surface area contributed by atoms with Crippen LogP contribution in [0.25, 0.3) is 0 Å². The van der Waals surface area contributed by atoms with E-state index in [0.717, 1.165) is 22.9 Å². The van der Waals surface area contributed by atoms with E-state index in [0.29, 0.717) is 52.5 Å². The van der Waals surface area contributed by atoms with Crippen LogP contribution in [0.3, 0.4) is 0 Å². The molecule has 212 valence electrons. The number of anilines is 2. The lowest BCUT2D eigenvalue weighted by Crippen LogP contribution is -2.53. The van der Waals surface area contributed by atoms with Crippen molar-refractivity contribution < 1.29 is 28.7 Å². The summed E-state index contributed by atoms with van der Waals surface area (Å²) in [7, 11) is 0. The third-order valence-electron chi connectivity index (χ3n) is 7.77. The molecule has 2 aromatic rings. The van der Waals surface area contributed by atoms with Crippen LogP contribution in [0.2, 0.25) is 0 Å². The molecule has 0 aromatic heterocycles. The van der Waals surface area contributed by atoms with E-state index >= 15 is 0 Å². The minimum absolute atomic E-state index is 0.0494. The normalized spacial score (nSPS) is 21.2. The molecule has 0 bridgehead atoms. The lowest BCUT2D eigenvalue weighted by Gasteiger charge is -2.36. The van der Waals surface area contributed by atoms with Gasteiger partial charge in [-0.1, -0.05) is 0 Å². The fraction of sp³-hybridized carbons (Fsp3) is 0.467. The molecule has 4 amide bonds. The number of rotatable bonds is 8. The third-order valence-corrected chi connectivity index (χ3v) is 7.77. The summed E-state index contributed by atoms with van der Waals surface area (Å²) < 4.78 is 10.9. The van der Waals surface area contributed by atoms with Gasteiger partial charge in [0.05, 0.1) is 25.0 Å². The number of piperazine rings is 1. The number of nitrogens with zero attached hydrogens (tertiary/aromatic N) is 4. The fourth-order valence-corrected chi connectivity index (χ4v) is 5.69. The first-order valence-corrected chi connectivity index (χ1v) is 14.0. The Morgan fingerprint density at radius 3 is 1.32 bits per heavy atom. The summed E-state index contributed by atoms with van der Waals surface area (Å²) in [5.74, 6) is 0.428. The maximum Gasteiger partial charge on any atom is 0.228 e. The van der Waals surface area contributed by atoms with E-state index in [4.69, 9.17) is 9.47 Å². The summed E-state index contributed by atoms with van der Waals surface area (Å²) in [4.78, 5) is 58.8. The number of ether oxygens (including phenoxy) is 2. The summed E-state index contributed by atoms with van der Waals surface area (Å²) in [5.41, 5.74) is 1.51. The number of carbonyl (C=O) groups excluding carboxylic acids is 4. The van der Waals surface area contributed by atoms with Crippen molar-refractivity contribution in [1.82, 2.24) is 9.80 Å². The van der Waals surface area contributed by atoms with Crippen LogP contribution >= 0.6 is 0 Å². The van der Waals surface area contributed by atoms with Crippen LogP contribution < -0.4 is 19.3 Å². The molecule has 5 rings (SSSR count). The summed E-state index contributed by atoms with van der Waals surface area (Å²) in [6.07, 6.45) is 0.355. The van der Waals surface area contributed by atoms with Gasteiger partial charge in [-0.15, -0.1) is 0 Å². The van der Waals surface area contributed by atoms with E-state index in [1.165, 1.54) is 0 Å². The largest absolute Gasteiger partial charge is 0.494 e. The van der Waals surface area contributed by atoms with Crippen LogP contribution in [0.5, 0.6) is 11.5 Å². The van der Waals surface area contributed by atoms with Gasteiger partial charge in [0, 0.05) is 63.5 Å². The minimum atomic E-state index is -0.406. The number of hydrogen-bond acceptors (Lipinski definition) is 6. The molecule has 0 spiro atoms. The Bertz CT molecular complexity index is 1140. The van der Waals surface area contributed by atoms with Crippen LogP contribution in [-0.2, 0) is 19.2 Å². The molecule has 3 aliphatic heterocycles. The Labute approximate surface area is 234 Å². The lowest BCUT2D eigenvalue weighted by atomic mass is 10.0. The Hall–Kier alpha value is -4.08. The predicted molar refractivity (Wildman–Crippen MR) is 149 cm³/mol. The van der Waals surface area contributed by atoms with Crippen molar-refractivity contribution >= 4 is 35.0 Å². The first-order chi connectivity index (χ1) is 19.4. The standard InChI is InChI=1S/C30H36N4O6/c1-3-39-25-9-5-23(6-10-25)33-19-21(17-27(33)35)29(37)31-13-15-32(16-14-31)30(38)22-18-28(36)34(20-22)24-7-11-26(12-8-24)40-4-2/h5-12,21-22H,3-4,13-20H2,1-2H3/t21-,22-/m1/s1. The lowest BCUT2D eigenvalue weighted by molar-refractivity contribution is -0.143. The topological polar surface area (TPSA) is 99.7 Å². The monoisotopic (exact) mass is 548 g/mol. The molecule has 0 aliphatic carbocycles. The fourth-order valence-electron chi connectivity index (χ4n) is 5.69. The van der Waals surface area contributed by atoms with E-state index in [9.17, 15) is 19.2 Å². The predicted octanol–water partition coefficient (Wildman–Crippen LogP) is 2.56. The van der Waals surface area contributed by atoms with Crippen LogP contribution in [-0.4, -0.2) is 85.9 Å². The van der Waals surface area contributed by atoms with Gasteiger partial charge in [-0.05, 0) is 62.4 Å². The zero-order chi connectivity index (χ0) is 28.2. The summed E-state index contributed by atoms with van der Waals surface area (Å²) in [5, 5.41) is 0. The Kier molecular flexibility index (Phi) is 8.23. The van der Waals surface area contributed by atoms with Gasteiger partial charge < -0.3 is 29.1 Å². The van der Waals surface area contributed by atoms with E-state index < -0.39 is 11.8 Å². The molecule has 40 heavy (non-hydrogen) atoms. The first-order valence-electron chi connectivity index (χ1n) is 14.0. The molecule has 3 fully saturated rings. The Morgan fingerprint density at radius 1 is 0.650 bits per heavy atom. The third kappa shape index (κ3) is 5.76. The van der Waals surface area contributed by atoms with E-state index in [2.05, 4.69) is 0 Å². The molecule has 0 radical (unpaired) electrons. The van der Waals surface area contributed by atoms with Crippen molar-refractivity contribution in [3.63, 3.8) is 0 Å². The van der Waals surface area contributed by atoms with Gasteiger partial charge in [0.1, 0.15) is 11.5 Å². The zero-order valence-electron chi connectivity index (χ0n) is 23.1. The Balaban J connectivity index is 1.12. The van der Waals surface area contributed by atoms with Crippen molar-refractivity contribution in [2.24, 2.45) is 11.8 Å². The van der Waals surface area contributed by atoms with Crippen LogP contribution in [0.1, 0.15) is 26.7 Å². The molecular formula is C30H36N4O6. The minimum Gasteiger partial charge on any atom is -0.494 e. The van der Waals surface area contributed by atoms with Crippen molar-refractivity contribution in [3.8, 4) is 11.5 Å². The second-order valence-electron chi connectivity index (χ2n) is 10.3. The van der Waals surface area contributed by atoms with Gasteiger partial charge in [0.25, 0.3) is 0 Å². The van der Waals surface area contributed by atoms with Gasteiger partial charge in [0.2, 0.25) is 23.6 Å². The highest BCUT2D eigenvalue weighted by atomic mass is 16.5. The SMILES string of the molecule is CCOc1ccc(N2C[C@H](C(=O)N3CCN(C(=O)[C@@H]4CC(=O)N(c5ccc(OCC)cc5)C4)CC3)CC2=O)cc1. The molecule has 3 saturated heterocycles. The van der Waals surface area contributed by atoms with Crippen LogP contribution in [0.15, 0.2) is 48.5 Å². The first kappa shape index (κ1) is 27.5. The number of amides is 4. The molecule has 2 atom stereocenters. The van der Waals surface area contributed by atoms with Gasteiger partial charge in [-0.25, -0.2) is 0 Å². The van der Waals surface area contributed by atoms with Crippen LogP contribution in [0, 0.1) is 11.8 Å². The highest BCUT2D eigenvalue weighted by Crippen LogP contribution is 2.30. The molecular weight excluding hydrogens is 512 g/mol. The van der Waals surface area contributed by atoms with Crippen molar-refractivity contribution in [1.29, 1.82) is 0 Å². The number of benzene rings is 2. The molecule has 10 nitrogen and oxygen atoms in total. The second kappa shape index (κ2) is 12.0. The molecule has 3 aliphatic rings. The van der Waals surface area contributed by atoms with Crippen molar-refractivity contribution in [2.45, 2.75) is 26.7 Å². The molecule has 2 aromatic carbocycles. The number of hydrogen-bond donors (Lipinski definition) is 0. The molecule has 3 heterocycles. The van der Waals surface area contributed by atoms with Gasteiger partial charge in [0.15, 0.2) is 0 Å². The van der Waals surface area contributed by atoms with Crippen molar-refractivity contribution in [3.05, 3.63) is 48.5 Å². The molecule has 0 saturated carbocycles. The summed E-state index contributed by atoms with van der Waals surface area (Å²) >= 11 is 0. The van der Waals surface area contributed by atoms with Crippen LogP contribution in [0.4, 0.5) is 11.4 Å². The molecule has 10 heteroatoms. The maximum absolute atomic E-state index is 13.3. The summed E-state index contributed by atoms with van der Waals surface area (Å²) in [6.45, 7) is 7.32. The van der Waals surface area contributed by atoms with Gasteiger partial charge in [-0.2, -0.15) is 0 Å². The number of carbonyl (C=O) groups is 4. The average Bonchev–Trinajstić information content (AvgIpc) is 3.56. The van der Waals surface area contributed by atoms with E-state index in [1.54, 1.807) is 19.6 Å². The Morgan fingerprint density at radius 2 is 1.00 bits per heavy atom. The van der Waals surface area contributed by atoms with E-state index in [1.807, 2.05) is 62.4 Å². The summed E-state index contributed by atoms with van der Waals surface area (Å²) in [6, 6.07) is 14.7. The molecule has 0 N–H and O–H groups in total. The maximum atomic E-state index is 13.3. The molecule has 0 unspecified atom stereocenters. The average molecular weight is 549 g/mol. The second-order valence-corrected chi connectivity index (χ2v) is 10.3. The van der Waals surface area contributed by atoms with Gasteiger partial charge in [-0.3, -0.25) is 19.2 Å². The van der Waals surface area contributed by atoms with E-state index in [-0.39, 0.29) is 36.5 Å². The zero-order valence-corrected chi connectivity index (χ0v) is 23.1. The smallest absolute Gasteiger partial charge is 0.228 e.